The predicted molar refractivity (Wildman–Crippen MR) is 71.7 cm³/mol. The average Bonchev–Trinajstić information content (AvgIpc) is 2.75. The molecule has 1 amide bonds. The number of anilines is 1. The van der Waals surface area contributed by atoms with Gasteiger partial charge in [-0.25, -0.2) is 9.97 Å². The highest BCUT2D eigenvalue weighted by Gasteiger charge is 2.11. The van der Waals surface area contributed by atoms with Crippen molar-refractivity contribution >= 4 is 34.7 Å². The number of aromatic nitrogens is 2. The van der Waals surface area contributed by atoms with Gasteiger partial charge >= 0.3 is 0 Å². The number of nitrogens with zero attached hydrogens (tertiary/aromatic N) is 2. The normalized spacial score (nSPS) is 10.3. The minimum atomic E-state index is -0.290. The summed E-state index contributed by atoms with van der Waals surface area (Å²) in [7, 11) is 0. The van der Waals surface area contributed by atoms with Crippen LogP contribution in [0.1, 0.15) is 21.1 Å². The molecular formula is C11H11ClN4OS. The van der Waals surface area contributed by atoms with Crippen molar-refractivity contribution in [1.29, 1.82) is 0 Å². The number of nitrogens with two attached hydrogens (primary N) is 1. The number of carbonyl (C=O) groups is 1. The summed E-state index contributed by atoms with van der Waals surface area (Å²) in [6.07, 6.45) is 1.36. The van der Waals surface area contributed by atoms with Gasteiger partial charge < -0.3 is 11.1 Å². The SMILES string of the molecule is Cc1csc(CNC(=O)c2cc(N)ncc2Cl)n1. The van der Waals surface area contributed by atoms with Crippen molar-refractivity contribution in [2.75, 3.05) is 5.73 Å². The maximum atomic E-state index is 11.9. The molecular weight excluding hydrogens is 272 g/mol. The van der Waals surface area contributed by atoms with Crippen molar-refractivity contribution in [2.24, 2.45) is 0 Å². The van der Waals surface area contributed by atoms with Gasteiger partial charge in [0.1, 0.15) is 10.8 Å². The molecule has 94 valence electrons. The first-order valence-corrected chi connectivity index (χ1v) is 6.42. The number of hydrogen-bond donors (Lipinski definition) is 2. The molecule has 2 rings (SSSR count). The van der Waals surface area contributed by atoms with Gasteiger partial charge in [-0.05, 0) is 13.0 Å². The molecule has 0 radical (unpaired) electrons. The highest BCUT2D eigenvalue weighted by Crippen LogP contribution is 2.16. The van der Waals surface area contributed by atoms with E-state index in [4.69, 9.17) is 17.3 Å². The fourth-order valence-corrected chi connectivity index (χ4v) is 2.26. The summed E-state index contributed by atoms with van der Waals surface area (Å²) in [5, 5.41) is 5.79. The molecule has 3 N–H and O–H groups in total. The van der Waals surface area contributed by atoms with Crippen molar-refractivity contribution in [3.63, 3.8) is 0 Å². The summed E-state index contributed by atoms with van der Waals surface area (Å²) in [5.74, 6) is -0.0309. The van der Waals surface area contributed by atoms with Gasteiger partial charge in [-0.3, -0.25) is 4.79 Å². The standard InChI is InChI=1S/C11H11ClN4OS/c1-6-5-18-10(16-6)4-15-11(17)7-2-9(13)14-3-8(7)12/h2-3,5H,4H2,1H3,(H2,13,14)(H,15,17). The van der Waals surface area contributed by atoms with Crippen LogP contribution in [0.4, 0.5) is 5.82 Å². The maximum Gasteiger partial charge on any atom is 0.253 e. The van der Waals surface area contributed by atoms with Crippen molar-refractivity contribution in [1.82, 2.24) is 15.3 Å². The van der Waals surface area contributed by atoms with Crippen LogP contribution in [0.25, 0.3) is 0 Å². The van der Waals surface area contributed by atoms with Crippen LogP contribution in [0.2, 0.25) is 5.02 Å². The molecule has 0 atom stereocenters. The van der Waals surface area contributed by atoms with Crippen LogP contribution in [-0.2, 0) is 6.54 Å². The van der Waals surface area contributed by atoms with Gasteiger partial charge in [0.15, 0.2) is 0 Å². The van der Waals surface area contributed by atoms with E-state index in [9.17, 15) is 4.79 Å². The van der Waals surface area contributed by atoms with E-state index in [1.165, 1.54) is 23.6 Å². The summed E-state index contributed by atoms with van der Waals surface area (Å²) in [6.45, 7) is 2.28. The van der Waals surface area contributed by atoms with Crippen molar-refractivity contribution in [3.8, 4) is 0 Å². The molecule has 0 unspecified atom stereocenters. The molecule has 0 spiro atoms. The van der Waals surface area contributed by atoms with Gasteiger partial charge in [0.05, 0.1) is 17.1 Å². The van der Waals surface area contributed by atoms with Gasteiger partial charge in [0.25, 0.3) is 5.91 Å². The Kier molecular flexibility index (Phi) is 3.78. The molecule has 0 aromatic carbocycles. The molecule has 2 heterocycles. The first kappa shape index (κ1) is 12.8. The Labute approximate surface area is 113 Å². The topological polar surface area (TPSA) is 80.9 Å². The number of thiazole rings is 1. The van der Waals surface area contributed by atoms with E-state index < -0.39 is 0 Å². The zero-order chi connectivity index (χ0) is 13.1. The highest BCUT2D eigenvalue weighted by atomic mass is 35.5. The first-order chi connectivity index (χ1) is 8.56. The Hall–Kier alpha value is -1.66. The number of rotatable bonds is 3. The monoisotopic (exact) mass is 282 g/mol. The van der Waals surface area contributed by atoms with Crippen LogP contribution in [0, 0.1) is 6.92 Å². The molecule has 0 aliphatic carbocycles. The molecule has 5 nitrogen and oxygen atoms in total. The van der Waals surface area contributed by atoms with E-state index >= 15 is 0 Å². The number of amides is 1. The van der Waals surface area contributed by atoms with E-state index in [-0.39, 0.29) is 16.7 Å². The lowest BCUT2D eigenvalue weighted by atomic mass is 10.2. The number of aryl methyl sites for hydroxylation is 1. The predicted octanol–water partition coefficient (Wildman–Crippen LogP) is 2.01. The average molecular weight is 283 g/mol. The minimum Gasteiger partial charge on any atom is -0.384 e. The quantitative estimate of drug-likeness (QED) is 0.902. The lowest BCUT2D eigenvalue weighted by Crippen LogP contribution is -2.23. The fourth-order valence-electron chi connectivity index (χ4n) is 1.36. The molecule has 18 heavy (non-hydrogen) atoms. The van der Waals surface area contributed by atoms with Crippen LogP contribution in [0.5, 0.6) is 0 Å². The summed E-state index contributed by atoms with van der Waals surface area (Å²) >= 11 is 7.38. The number of pyridine rings is 1. The smallest absolute Gasteiger partial charge is 0.253 e. The zero-order valence-electron chi connectivity index (χ0n) is 9.61. The molecule has 0 fully saturated rings. The maximum absolute atomic E-state index is 11.9. The van der Waals surface area contributed by atoms with Crippen LogP contribution in [0.15, 0.2) is 17.6 Å². The first-order valence-electron chi connectivity index (χ1n) is 5.16. The van der Waals surface area contributed by atoms with E-state index in [1.54, 1.807) is 0 Å². The van der Waals surface area contributed by atoms with Gasteiger partial charge in [0.2, 0.25) is 0 Å². The minimum absolute atomic E-state index is 0.259. The van der Waals surface area contributed by atoms with E-state index in [2.05, 4.69) is 15.3 Å². The van der Waals surface area contributed by atoms with Gasteiger partial charge in [0, 0.05) is 17.3 Å². The summed E-state index contributed by atoms with van der Waals surface area (Å²) < 4.78 is 0. The number of carbonyl (C=O) groups excluding carboxylic acids is 1. The van der Waals surface area contributed by atoms with Gasteiger partial charge in [-0.15, -0.1) is 11.3 Å². The Balaban J connectivity index is 2.05. The second-order valence-corrected chi connectivity index (χ2v) is 5.00. The van der Waals surface area contributed by atoms with Crippen LogP contribution < -0.4 is 11.1 Å². The van der Waals surface area contributed by atoms with Crippen LogP contribution in [0.3, 0.4) is 0 Å². The van der Waals surface area contributed by atoms with E-state index in [0.29, 0.717) is 12.1 Å². The van der Waals surface area contributed by atoms with E-state index in [0.717, 1.165) is 10.7 Å². The Morgan fingerprint density at radius 2 is 2.39 bits per heavy atom. The number of nitrogens with one attached hydrogen (secondary N) is 1. The number of hydrogen-bond acceptors (Lipinski definition) is 5. The summed E-state index contributed by atoms with van der Waals surface area (Å²) in [5.41, 5.74) is 6.77. The number of nitrogen functional groups attached to an aromatic ring is 1. The van der Waals surface area contributed by atoms with Gasteiger partial charge in [-0.2, -0.15) is 0 Å². The van der Waals surface area contributed by atoms with Crippen LogP contribution in [-0.4, -0.2) is 15.9 Å². The lowest BCUT2D eigenvalue weighted by molar-refractivity contribution is 0.0951. The summed E-state index contributed by atoms with van der Waals surface area (Å²) in [6, 6.07) is 1.45. The molecule has 0 bridgehead atoms. The second kappa shape index (κ2) is 5.32. The third-order valence-corrected chi connectivity index (χ3v) is 3.46. The zero-order valence-corrected chi connectivity index (χ0v) is 11.2. The van der Waals surface area contributed by atoms with Crippen LogP contribution >= 0.6 is 22.9 Å². The fraction of sp³-hybridized carbons (Fsp3) is 0.182. The Morgan fingerprint density at radius 1 is 1.61 bits per heavy atom. The van der Waals surface area contributed by atoms with Crippen molar-refractivity contribution < 1.29 is 4.79 Å². The highest BCUT2D eigenvalue weighted by molar-refractivity contribution is 7.09. The summed E-state index contributed by atoms with van der Waals surface area (Å²) in [4.78, 5) is 19.9. The van der Waals surface area contributed by atoms with E-state index in [1.807, 2.05) is 12.3 Å². The molecule has 0 saturated heterocycles. The van der Waals surface area contributed by atoms with Crippen molar-refractivity contribution in [2.45, 2.75) is 13.5 Å². The molecule has 0 saturated carbocycles. The molecule has 7 heteroatoms. The number of halogens is 1. The Bertz CT molecular complexity index is 584. The molecule has 0 aliphatic heterocycles. The second-order valence-electron chi connectivity index (χ2n) is 3.65. The largest absolute Gasteiger partial charge is 0.384 e. The van der Waals surface area contributed by atoms with Gasteiger partial charge in [-0.1, -0.05) is 11.6 Å². The Morgan fingerprint density at radius 3 is 3.06 bits per heavy atom. The third kappa shape index (κ3) is 2.96. The third-order valence-electron chi connectivity index (χ3n) is 2.19. The molecule has 0 aliphatic rings. The lowest BCUT2D eigenvalue weighted by Gasteiger charge is -2.05. The molecule has 2 aromatic heterocycles. The van der Waals surface area contributed by atoms with Crippen molar-refractivity contribution in [3.05, 3.63) is 38.9 Å². The molecule has 2 aromatic rings.